The van der Waals surface area contributed by atoms with Crippen molar-refractivity contribution in [2.75, 3.05) is 59.9 Å². The summed E-state index contributed by atoms with van der Waals surface area (Å²) in [5.41, 5.74) is 3.19. The normalized spacial score (nSPS) is 13.3. The van der Waals surface area contributed by atoms with E-state index in [9.17, 15) is 4.79 Å². The van der Waals surface area contributed by atoms with Crippen molar-refractivity contribution in [2.45, 2.75) is 0 Å². The van der Waals surface area contributed by atoms with Crippen LogP contribution in [0.25, 0.3) is 11.4 Å². The lowest BCUT2D eigenvalue weighted by Gasteiger charge is -2.28. The SMILES string of the molecule is COc1cnc(-c2ccc(NC(=O)Nc3ccc(NSC)cc3)cc2)nc1N1CCOCC1. The van der Waals surface area contributed by atoms with Crippen LogP contribution >= 0.6 is 11.9 Å². The summed E-state index contributed by atoms with van der Waals surface area (Å²) in [6.45, 7) is 2.82. The highest BCUT2D eigenvalue weighted by atomic mass is 32.2. The zero-order chi connectivity index (χ0) is 23.0. The Labute approximate surface area is 197 Å². The molecule has 4 rings (SSSR count). The molecule has 1 fully saturated rings. The molecule has 172 valence electrons. The number of amides is 2. The van der Waals surface area contributed by atoms with E-state index in [-0.39, 0.29) is 6.03 Å². The van der Waals surface area contributed by atoms with Crippen molar-refractivity contribution in [3.05, 3.63) is 54.7 Å². The molecule has 33 heavy (non-hydrogen) atoms. The monoisotopic (exact) mass is 466 g/mol. The Morgan fingerprint density at radius 3 is 2.21 bits per heavy atom. The molecule has 0 spiro atoms. The highest BCUT2D eigenvalue weighted by Crippen LogP contribution is 2.29. The van der Waals surface area contributed by atoms with Crippen molar-refractivity contribution >= 4 is 40.9 Å². The molecule has 3 N–H and O–H groups in total. The van der Waals surface area contributed by atoms with E-state index in [0.717, 1.165) is 30.2 Å². The Hall–Kier alpha value is -3.50. The summed E-state index contributed by atoms with van der Waals surface area (Å²) in [7, 11) is 1.61. The van der Waals surface area contributed by atoms with E-state index >= 15 is 0 Å². The Morgan fingerprint density at radius 2 is 1.61 bits per heavy atom. The maximum atomic E-state index is 12.3. The molecule has 1 aliphatic heterocycles. The lowest BCUT2D eigenvalue weighted by Crippen LogP contribution is -2.37. The number of carbonyl (C=O) groups is 1. The summed E-state index contributed by atoms with van der Waals surface area (Å²) in [5.74, 6) is 1.98. The molecule has 2 heterocycles. The van der Waals surface area contributed by atoms with Crippen molar-refractivity contribution in [3.63, 3.8) is 0 Å². The van der Waals surface area contributed by atoms with Gasteiger partial charge in [0.05, 0.1) is 26.5 Å². The first-order valence-electron chi connectivity index (χ1n) is 10.5. The molecule has 2 amide bonds. The van der Waals surface area contributed by atoms with E-state index in [1.165, 1.54) is 11.9 Å². The lowest BCUT2D eigenvalue weighted by molar-refractivity contribution is 0.122. The number of benzene rings is 2. The molecule has 1 saturated heterocycles. The van der Waals surface area contributed by atoms with E-state index in [1.807, 2.05) is 54.8 Å². The molecule has 0 saturated carbocycles. The number of rotatable bonds is 7. The molecule has 0 aliphatic carbocycles. The Balaban J connectivity index is 1.42. The minimum absolute atomic E-state index is 0.316. The third kappa shape index (κ3) is 5.85. The number of carbonyl (C=O) groups excluding carboxylic acids is 1. The number of nitrogens with zero attached hydrogens (tertiary/aromatic N) is 3. The molecule has 0 bridgehead atoms. The van der Waals surface area contributed by atoms with Gasteiger partial charge in [-0.25, -0.2) is 14.8 Å². The number of anilines is 4. The summed E-state index contributed by atoms with van der Waals surface area (Å²) in [4.78, 5) is 23.7. The number of hydrogen-bond acceptors (Lipinski definition) is 8. The van der Waals surface area contributed by atoms with Gasteiger partial charge in [-0.1, -0.05) is 11.9 Å². The standard InChI is InChI=1S/C23H26N6O3S/c1-31-20-15-24-21(27-22(20)29-11-13-32-14-12-29)16-3-5-17(6-4-16)25-23(30)26-18-7-9-19(10-8-18)28-33-2/h3-10,15,28H,11-14H2,1-2H3,(H2,25,26,30). The molecule has 2 aromatic carbocycles. The van der Waals surface area contributed by atoms with Crippen LogP contribution in [-0.2, 0) is 4.74 Å². The van der Waals surface area contributed by atoms with Crippen molar-refractivity contribution in [1.82, 2.24) is 9.97 Å². The topological polar surface area (TPSA) is 101 Å². The minimum Gasteiger partial charge on any atom is -0.491 e. The molecule has 3 aromatic rings. The summed E-state index contributed by atoms with van der Waals surface area (Å²) >= 11 is 1.51. The smallest absolute Gasteiger partial charge is 0.323 e. The largest absolute Gasteiger partial charge is 0.491 e. The fourth-order valence-corrected chi connectivity index (χ4v) is 3.75. The van der Waals surface area contributed by atoms with Crippen LogP contribution in [-0.4, -0.2) is 55.7 Å². The lowest BCUT2D eigenvalue weighted by atomic mass is 10.2. The van der Waals surface area contributed by atoms with Gasteiger partial charge in [0.25, 0.3) is 0 Å². The third-order valence-corrected chi connectivity index (χ3v) is 5.47. The summed E-state index contributed by atoms with van der Waals surface area (Å²) < 4.78 is 14.0. The Kier molecular flexibility index (Phi) is 7.48. The second kappa shape index (κ2) is 10.9. The molecule has 0 radical (unpaired) electrons. The van der Waals surface area contributed by atoms with E-state index in [4.69, 9.17) is 14.5 Å². The Bertz CT molecular complexity index is 1070. The van der Waals surface area contributed by atoms with Gasteiger partial charge >= 0.3 is 6.03 Å². The fraction of sp³-hybridized carbons (Fsp3) is 0.261. The van der Waals surface area contributed by atoms with Crippen LogP contribution in [0.3, 0.4) is 0 Å². The van der Waals surface area contributed by atoms with Gasteiger partial charge in [-0.05, 0) is 48.5 Å². The predicted octanol–water partition coefficient (Wildman–Crippen LogP) is 4.32. The molecular formula is C23H26N6O3S. The van der Waals surface area contributed by atoms with E-state index < -0.39 is 0 Å². The van der Waals surface area contributed by atoms with Gasteiger partial charge < -0.3 is 29.7 Å². The van der Waals surface area contributed by atoms with Crippen LogP contribution in [0.1, 0.15) is 0 Å². The molecule has 10 heteroatoms. The van der Waals surface area contributed by atoms with Gasteiger partial charge in [0.15, 0.2) is 17.4 Å². The summed E-state index contributed by atoms with van der Waals surface area (Å²) in [6.07, 6.45) is 3.64. The average molecular weight is 467 g/mol. The van der Waals surface area contributed by atoms with Gasteiger partial charge in [0.1, 0.15) is 0 Å². The van der Waals surface area contributed by atoms with E-state index in [2.05, 4.69) is 25.2 Å². The predicted molar refractivity (Wildman–Crippen MR) is 133 cm³/mol. The molecule has 1 aromatic heterocycles. The number of ether oxygens (including phenoxy) is 2. The molecule has 0 unspecified atom stereocenters. The first-order valence-corrected chi connectivity index (χ1v) is 11.7. The van der Waals surface area contributed by atoms with Crippen molar-refractivity contribution in [3.8, 4) is 17.1 Å². The zero-order valence-corrected chi connectivity index (χ0v) is 19.3. The number of morpholine rings is 1. The van der Waals surface area contributed by atoms with Gasteiger partial charge in [-0.3, -0.25) is 0 Å². The highest BCUT2D eigenvalue weighted by molar-refractivity contribution is 7.99. The first-order chi connectivity index (χ1) is 16.2. The molecule has 9 nitrogen and oxygen atoms in total. The number of nitrogens with one attached hydrogen (secondary N) is 3. The second-order valence-corrected chi connectivity index (χ2v) is 7.84. The molecule has 1 aliphatic rings. The summed E-state index contributed by atoms with van der Waals surface area (Å²) in [5, 5.41) is 5.66. The van der Waals surface area contributed by atoms with Gasteiger partial charge in [0.2, 0.25) is 0 Å². The Morgan fingerprint density at radius 1 is 1.00 bits per heavy atom. The van der Waals surface area contributed by atoms with E-state index in [1.54, 1.807) is 13.3 Å². The van der Waals surface area contributed by atoms with Crippen molar-refractivity contribution in [1.29, 1.82) is 0 Å². The number of aromatic nitrogens is 2. The van der Waals surface area contributed by atoms with Crippen LogP contribution < -0.4 is 25.0 Å². The molecular weight excluding hydrogens is 440 g/mol. The molecule has 0 atom stereocenters. The average Bonchev–Trinajstić information content (AvgIpc) is 2.86. The van der Waals surface area contributed by atoms with Gasteiger partial charge in [-0.15, -0.1) is 0 Å². The third-order valence-electron chi connectivity index (χ3n) is 5.03. The van der Waals surface area contributed by atoms with Gasteiger partial charge in [0, 0.05) is 42.0 Å². The maximum absolute atomic E-state index is 12.3. The van der Waals surface area contributed by atoms with Gasteiger partial charge in [-0.2, -0.15) is 0 Å². The fourth-order valence-electron chi connectivity index (χ4n) is 3.38. The van der Waals surface area contributed by atoms with Crippen LogP contribution in [0, 0.1) is 0 Å². The second-order valence-electron chi connectivity index (χ2n) is 7.23. The maximum Gasteiger partial charge on any atom is 0.323 e. The van der Waals surface area contributed by atoms with Crippen LogP contribution in [0.15, 0.2) is 54.7 Å². The zero-order valence-electron chi connectivity index (χ0n) is 18.5. The highest BCUT2D eigenvalue weighted by Gasteiger charge is 2.18. The first kappa shape index (κ1) is 22.7. The quantitative estimate of drug-likeness (QED) is 0.443. The van der Waals surface area contributed by atoms with Crippen molar-refractivity contribution < 1.29 is 14.3 Å². The van der Waals surface area contributed by atoms with Crippen LogP contribution in [0.4, 0.5) is 27.7 Å². The summed E-state index contributed by atoms with van der Waals surface area (Å²) in [6, 6.07) is 14.6. The van der Waals surface area contributed by atoms with Crippen LogP contribution in [0.2, 0.25) is 0 Å². The van der Waals surface area contributed by atoms with E-state index in [0.29, 0.717) is 36.2 Å². The number of methoxy groups -OCH3 is 1. The number of urea groups is 1. The minimum atomic E-state index is -0.316. The van der Waals surface area contributed by atoms with Crippen LogP contribution in [0.5, 0.6) is 5.75 Å². The van der Waals surface area contributed by atoms with Crippen molar-refractivity contribution in [2.24, 2.45) is 0 Å². The number of hydrogen-bond donors (Lipinski definition) is 3.